The van der Waals surface area contributed by atoms with E-state index in [0.29, 0.717) is 11.3 Å². The highest BCUT2D eigenvalue weighted by atomic mass is 32.1. The number of aromatic nitrogens is 1. The predicted octanol–water partition coefficient (Wildman–Crippen LogP) is 3.73. The summed E-state index contributed by atoms with van der Waals surface area (Å²) in [7, 11) is 0. The fraction of sp³-hybridized carbons (Fsp3) is 0.190. The molecule has 0 aliphatic heterocycles. The zero-order valence-corrected chi connectivity index (χ0v) is 16.4. The standard InChI is InChI=1S/C21H20FN3O2S/c1-13-3-6-15(7-4-13)21-25-18(12-28-21)20(27)24-10-9-23-19(26)16-8-5-14(2)17(22)11-16/h3-8,11-12H,9-10H2,1-2H3,(H,23,26)(H,24,27). The van der Waals surface area contributed by atoms with Crippen molar-refractivity contribution in [2.45, 2.75) is 13.8 Å². The van der Waals surface area contributed by atoms with Crippen LogP contribution < -0.4 is 10.6 Å². The monoisotopic (exact) mass is 397 g/mol. The van der Waals surface area contributed by atoms with Gasteiger partial charge in [-0.25, -0.2) is 9.37 Å². The maximum atomic E-state index is 13.5. The van der Waals surface area contributed by atoms with Crippen LogP contribution in [0.3, 0.4) is 0 Å². The highest BCUT2D eigenvalue weighted by Crippen LogP contribution is 2.23. The van der Waals surface area contributed by atoms with E-state index in [1.54, 1.807) is 24.4 Å². The van der Waals surface area contributed by atoms with Gasteiger partial charge < -0.3 is 10.6 Å². The third-order valence-electron chi connectivity index (χ3n) is 4.17. The zero-order valence-electron chi connectivity index (χ0n) is 15.6. The summed E-state index contributed by atoms with van der Waals surface area (Å²) >= 11 is 1.40. The average Bonchev–Trinajstić information content (AvgIpc) is 3.18. The molecule has 3 aromatic rings. The van der Waals surface area contributed by atoms with Gasteiger partial charge in [0.05, 0.1) is 0 Å². The lowest BCUT2D eigenvalue weighted by atomic mass is 10.1. The summed E-state index contributed by atoms with van der Waals surface area (Å²) in [6.45, 7) is 4.12. The van der Waals surface area contributed by atoms with Crippen molar-refractivity contribution in [3.8, 4) is 10.6 Å². The Morgan fingerprint density at radius 3 is 2.36 bits per heavy atom. The summed E-state index contributed by atoms with van der Waals surface area (Å²) < 4.78 is 13.5. The van der Waals surface area contributed by atoms with Crippen molar-refractivity contribution in [1.82, 2.24) is 15.6 Å². The van der Waals surface area contributed by atoms with Crippen molar-refractivity contribution in [3.05, 3.63) is 76.0 Å². The van der Waals surface area contributed by atoms with Gasteiger partial charge in [0.15, 0.2) is 0 Å². The molecule has 28 heavy (non-hydrogen) atoms. The smallest absolute Gasteiger partial charge is 0.270 e. The summed E-state index contributed by atoms with van der Waals surface area (Å²) in [6.07, 6.45) is 0. The minimum atomic E-state index is -0.422. The van der Waals surface area contributed by atoms with Crippen LogP contribution in [0.15, 0.2) is 47.8 Å². The second kappa shape index (κ2) is 8.75. The summed E-state index contributed by atoms with van der Waals surface area (Å²) in [5.74, 6) is -1.11. The van der Waals surface area contributed by atoms with Crippen LogP contribution in [0.4, 0.5) is 4.39 Å². The number of amides is 2. The SMILES string of the molecule is Cc1ccc(-c2nc(C(=O)NCCNC(=O)c3ccc(C)c(F)c3)cs2)cc1. The Balaban J connectivity index is 1.48. The van der Waals surface area contributed by atoms with E-state index in [2.05, 4.69) is 15.6 Å². The van der Waals surface area contributed by atoms with E-state index in [4.69, 9.17) is 0 Å². The van der Waals surface area contributed by atoms with Gasteiger partial charge in [0.25, 0.3) is 11.8 Å². The van der Waals surface area contributed by atoms with Crippen molar-refractivity contribution in [1.29, 1.82) is 0 Å². The van der Waals surface area contributed by atoms with E-state index in [1.807, 2.05) is 31.2 Å². The van der Waals surface area contributed by atoms with Gasteiger partial charge in [-0.15, -0.1) is 11.3 Å². The number of carbonyl (C=O) groups excluding carboxylic acids is 2. The van der Waals surface area contributed by atoms with Crippen LogP contribution >= 0.6 is 11.3 Å². The molecular formula is C21H20FN3O2S. The number of carbonyl (C=O) groups is 2. The Kier molecular flexibility index (Phi) is 6.16. The number of rotatable bonds is 6. The molecule has 0 saturated heterocycles. The fourth-order valence-corrected chi connectivity index (χ4v) is 3.29. The molecule has 2 aromatic carbocycles. The molecule has 0 unspecified atom stereocenters. The lowest BCUT2D eigenvalue weighted by Gasteiger charge is -2.07. The first-order chi connectivity index (χ1) is 13.4. The highest BCUT2D eigenvalue weighted by molar-refractivity contribution is 7.13. The topological polar surface area (TPSA) is 71.1 Å². The second-order valence-electron chi connectivity index (χ2n) is 6.38. The van der Waals surface area contributed by atoms with Gasteiger partial charge in [0.1, 0.15) is 16.5 Å². The number of nitrogens with one attached hydrogen (secondary N) is 2. The molecule has 2 amide bonds. The summed E-state index contributed by atoms with van der Waals surface area (Å²) in [4.78, 5) is 28.6. The van der Waals surface area contributed by atoms with E-state index in [1.165, 1.54) is 17.4 Å². The zero-order chi connectivity index (χ0) is 20.1. The molecule has 3 rings (SSSR count). The van der Waals surface area contributed by atoms with Gasteiger partial charge >= 0.3 is 0 Å². The molecule has 7 heteroatoms. The third kappa shape index (κ3) is 4.80. The number of hydrogen-bond donors (Lipinski definition) is 2. The fourth-order valence-electron chi connectivity index (χ4n) is 2.49. The first-order valence-electron chi connectivity index (χ1n) is 8.79. The predicted molar refractivity (Wildman–Crippen MR) is 108 cm³/mol. The van der Waals surface area contributed by atoms with E-state index >= 15 is 0 Å². The number of halogens is 1. The highest BCUT2D eigenvalue weighted by Gasteiger charge is 2.12. The molecule has 0 bridgehead atoms. The minimum absolute atomic E-state index is 0.231. The van der Waals surface area contributed by atoms with Crippen molar-refractivity contribution in [2.75, 3.05) is 13.1 Å². The van der Waals surface area contributed by atoms with Crippen LogP contribution in [-0.4, -0.2) is 29.9 Å². The molecule has 1 heterocycles. The second-order valence-corrected chi connectivity index (χ2v) is 7.24. The maximum Gasteiger partial charge on any atom is 0.270 e. The van der Waals surface area contributed by atoms with E-state index in [9.17, 15) is 14.0 Å². The van der Waals surface area contributed by atoms with Crippen molar-refractivity contribution < 1.29 is 14.0 Å². The molecule has 0 fully saturated rings. The number of hydrogen-bond acceptors (Lipinski definition) is 4. The van der Waals surface area contributed by atoms with E-state index in [-0.39, 0.29) is 30.5 Å². The van der Waals surface area contributed by atoms with Gasteiger partial charge in [0, 0.05) is 29.6 Å². The molecule has 144 valence electrons. The van der Waals surface area contributed by atoms with Crippen LogP contribution in [0, 0.1) is 19.7 Å². The first-order valence-corrected chi connectivity index (χ1v) is 9.67. The Morgan fingerprint density at radius 1 is 1.00 bits per heavy atom. The number of benzene rings is 2. The van der Waals surface area contributed by atoms with Crippen LogP contribution in [0.2, 0.25) is 0 Å². The van der Waals surface area contributed by atoms with Crippen molar-refractivity contribution in [2.24, 2.45) is 0 Å². The average molecular weight is 397 g/mol. The molecule has 0 spiro atoms. The quantitative estimate of drug-likeness (QED) is 0.623. The molecule has 2 N–H and O–H groups in total. The van der Waals surface area contributed by atoms with E-state index < -0.39 is 5.82 Å². The number of nitrogens with zero attached hydrogens (tertiary/aromatic N) is 1. The molecule has 0 saturated carbocycles. The number of thiazole rings is 1. The molecule has 0 aliphatic rings. The third-order valence-corrected chi connectivity index (χ3v) is 5.06. The molecule has 5 nitrogen and oxygen atoms in total. The molecular weight excluding hydrogens is 377 g/mol. The Morgan fingerprint density at radius 2 is 1.68 bits per heavy atom. The van der Waals surface area contributed by atoms with Crippen LogP contribution in [0.5, 0.6) is 0 Å². The summed E-state index contributed by atoms with van der Waals surface area (Å²) in [5, 5.41) is 7.85. The molecule has 1 aromatic heterocycles. The lowest BCUT2D eigenvalue weighted by molar-refractivity contribution is 0.0925. The first kappa shape index (κ1) is 19.7. The van der Waals surface area contributed by atoms with Crippen molar-refractivity contribution in [3.63, 3.8) is 0 Å². The maximum absolute atomic E-state index is 13.5. The van der Waals surface area contributed by atoms with Gasteiger partial charge in [-0.3, -0.25) is 9.59 Å². The Labute approximate surface area is 166 Å². The normalized spacial score (nSPS) is 10.5. The number of aryl methyl sites for hydroxylation is 2. The van der Waals surface area contributed by atoms with Gasteiger partial charge in [-0.05, 0) is 31.5 Å². The van der Waals surface area contributed by atoms with E-state index in [0.717, 1.165) is 16.1 Å². The largest absolute Gasteiger partial charge is 0.350 e. The van der Waals surface area contributed by atoms with Crippen molar-refractivity contribution >= 4 is 23.2 Å². The molecule has 0 radical (unpaired) electrons. The van der Waals surface area contributed by atoms with Crippen LogP contribution in [0.25, 0.3) is 10.6 Å². The lowest BCUT2D eigenvalue weighted by Crippen LogP contribution is -2.34. The van der Waals surface area contributed by atoms with Crippen LogP contribution in [-0.2, 0) is 0 Å². The van der Waals surface area contributed by atoms with Crippen LogP contribution in [0.1, 0.15) is 32.0 Å². The van der Waals surface area contributed by atoms with Gasteiger partial charge in [-0.2, -0.15) is 0 Å². The van der Waals surface area contributed by atoms with Gasteiger partial charge in [-0.1, -0.05) is 35.9 Å². The Hall–Kier alpha value is -3.06. The summed E-state index contributed by atoms with van der Waals surface area (Å²) in [5.41, 5.74) is 3.20. The molecule has 0 aliphatic carbocycles. The van der Waals surface area contributed by atoms with Gasteiger partial charge in [0.2, 0.25) is 0 Å². The minimum Gasteiger partial charge on any atom is -0.350 e. The Bertz CT molecular complexity index is 999. The molecule has 0 atom stereocenters. The summed E-state index contributed by atoms with van der Waals surface area (Å²) in [6, 6.07) is 12.3.